The van der Waals surface area contributed by atoms with Crippen LogP contribution in [0.5, 0.6) is 0 Å². The maximum absolute atomic E-state index is 11.2. The SMILES string of the molecule is O=C(O)c1ccncc1CCC1NCCc2ccccc21. The van der Waals surface area contributed by atoms with Crippen LogP contribution in [0.1, 0.15) is 39.5 Å². The van der Waals surface area contributed by atoms with Gasteiger partial charge in [-0.1, -0.05) is 24.3 Å². The Bertz CT molecular complexity index is 655. The van der Waals surface area contributed by atoms with Crippen molar-refractivity contribution in [2.75, 3.05) is 6.54 Å². The van der Waals surface area contributed by atoms with Gasteiger partial charge in [0.15, 0.2) is 0 Å². The molecule has 2 N–H and O–H groups in total. The van der Waals surface area contributed by atoms with E-state index in [0.717, 1.165) is 24.9 Å². The van der Waals surface area contributed by atoms with Gasteiger partial charge in [0.05, 0.1) is 5.56 Å². The molecule has 21 heavy (non-hydrogen) atoms. The maximum atomic E-state index is 11.2. The van der Waals surface area contributed by atoms with Crippen LogP contribution < -0.4 is 5.32 Å². The fourth-order valence-corrected chi connectivity index (χ4v) is 2.99. The van der Waals surface area contributed by atoms with E-state index in [2.05, 4.69) is 34.6 Å². The summed E-state index contributed by atoms with van der Waals surface area (Å²) in [6, 6.07) is 10.3. The molecule has 4 nitrogen and oxygen atoms in total. The van der Waals surface area contributed by atoms with E-state index in [0.29, 0.717) is 12.0 Å². The fraction of sp³-hybridized carbons (Fsp3) is 0.294. The molecular weight excluding hydrogens is 264 g/mol. The highest BCUT2D eigenvalue weighted by molar-refractivity contribution is 5.89. The van der Waals surface area contributed by atoms with Gasteiger partial charge in [-0.05, 0) is 48.6 Å². The monoisotopic (exact) mass is 282 g/mol. The number of carboxylic acids is 1. The summed E-state index contributed by atoms with van der Waals surface area (Å²) in [5.74, 6) is -0.885. The molecule has 1 aromatic carbocycles. The highest BCUT2D eigenvalue weighted by Gasteiger charge is 2.19. The summed E-state index contributed by atoms with van der Waals surface area (Å²) in [5.41, 5.74) is 3.89. The molecule has 0 bridgehead atoms. The Balaban J connectivity index is 1.76. The molecule has 1 aromatic heterocycles. The van der Waals surface area contributed by atoms with Crippen LogP contribution in [0.15, 0.2) is 42.7 Å². The van der Waals surface area contributed by atoms with E-state index in [1.165, 1.54) is 17.3 Å². The topological polar surface area (TPSA) is 62.2 Å². The van der Waals surface area contributed by atoms with Crippen LogP contribution in [0.3, 0.4) is 0 Å². The number of carboxylic acid groups (broad SMARTS) is 1. The summed E-state index contributed by atoms with van der Waals surface area (Å²) >= 11 is 0. The molecular formula is C17H18N2O2. The first-order chi connectivity index (χ1) is 10.3. The second-order valence-corrected chi connectivity index (χ2v) is 5.33. The molecule has 0 fully saturated rings. The van der Waals surface area contributed by atoms with Crippen molar-refractivity contribution in [2.45, 2.75) is 25.3 Å². The number of pyridine rings is 1. The Morgan fingerprint density at radius 2 is 2.19 bits per heavy atom. The summed E-state index contributed by atoms with van der Waals surface area (Å²) in [6.45, 7) is 0.973. The molecule has 1 unspecified atom stereocenters. The molecule has 0 aliphatic carbocycles. The van der Waals surface area contributed by atoms with Crippen molar-refractivity contribution in [2.24, 2.45) is 0 Å². The van der Waals surface area contributed by atoms with Crippen LogP contribution in [0, 0.1) is 0 Å². The van der Waals surface area contributed by atoms with Gasteiger partial charge in [-0.25, -0.2) is 4.79 Å². The zero-order valence-electron chi connectivity index (χ0n) is 11.7. The number of rotatable bonds is 4. The fourth-order valence-electron chi connectivity index (χ4n) is 2.99. The number of fused-ring (bicyclic) bond motifs is 1. The number of aromatic nitrogens is 1. The predicted octanol–water partition coefficient (Wildman–Crippen LogP) is 2.60. The lowest BCUT2D eigenvalue weighted by molar-refractivity contribution is 0.0695. The lowest BCUT2D eigenvalue weighted by Crippen LogP contribution is -2.30. The van der Waals surface area contributed by atoms with E-state index in [4.69, 9.17) is 0 Å². The second-order valence-electron chi connectivity index (χ2n) is 5.33. The quantitative estimate of drug-likeness (QED) is 0.905. The van der Waals surface area contributed by atoms with Crippen molar-refractivity contribution >= 4 is 5.97 Å². The van der Waals surface area contributed by atoms with Gasteiger partial charge in [-0.2, -0.15) is 0 Å². The number of nitrogens with zero attached hydrogens (tertiary/aromatic N) is 1. The summed E-state index contributed by atoms with van der Waals surface area (Å²) < 4.78 is 0. The molecule has 1 aliphatic heterocycles. The number of aromatic carboxylic acids is 1. The molecule has 2 heterocycles. The summed E-state index contributed by atoms with van der Waals surface area (Å²) in [6.07, 6.45) is 5.84. The molecule has 1 atom stereocenters. The predicted molar refractivity (Wildman–Crippen MR) is 80.4 cm³/mol. The van der Waals surface area contributed by atoms with Crippen molar-refractivity contribution < 1.29 is 9.90 Å². The van der Waals surface area contributed by atoms with Crippen LogP contribution >= 0.6 is 0 Å². The van der Waals surface area contributed by atoms with E-state index >= 15 is 0 Å². The van der Waals surface area contributed by atoms with Crippen molar-refractivity contribution in [3.8, 4) is 0 Å². The molecule has 2 aromatic rings. The number of hydrogen-bond donors (Lipinski definition) is 2. The first kappa shape index (κ1) is 13.8. The lowest BCUT2D eigenvalue weighted by Gasteiger charge is -2.27. The number of benzene rings is 1. The van der Waals surface area contributed by atoms with Crippen molar-refractivity contribution in [1.82, 2.24) is 10.3 Å². The molecule has 0 saturated heterocycles. The van der Waals surface area contributed by atoms with Gasteiger partial charge in [-0.3, -0.25) is 4.98 Å². The summed E-state index contributed by atoms with van der Waals surface area (Å²) in [5, 5.41) is 12.7. The normalized spacial score (nSPS) is 17.2. The first-order valence-electron chi connectivity index (χ1n) is 7.23. The molecule has 108 valence electrons. The Morgan fingerprint density at radius 1 is 1.33 bits per heavy atom. The van der Waals surface area contributed by atoms with Crippen LogP contribution in [-0.2, 0) is 12.8 Å². The van der Waals surface area contributed by atoms with Gasteiger partial charge in [0.25, 0.3) is 0 Å². The molecule has 0 amide bonds. The minimum Gasteiger partial charge on any atom is -0.478 e. The number of aryl methyl sites for hydroxylation is 1. The Labute approximate surface area is 123 Å². The van der Waals surface area contributed by atoms with Gasteiger partial charge in [-0.15, -0.1) is 0 Å². The van der Waals surface area contributed by atoms with Crippen molar-refractivity contribution in [1.29, 1.82) is 0 Å². The molecule has 0 saturated carbocycles. The molecule has 4 heteroatoms. The van der Waals surface area contributed by atoms with Crippen LogP contribution in [0.2, 0.25) is 0 Å². The minimum absolute atomic E-state index is 0.289. The maximum Gasteiger partial charge on any atom is 0.336 e. The average Bonchev–Trinajstić information content (AvgIpc) is 2.53. The van der Waals surface area contributed by atoms with E-state index in [-0.39, 0.29) is 6.04 Å². The molecule has 0 spiro atoms. The molecule has 1 aliphatic rings. The lowest BCUT2D eigenvalue weighted by atomic mass is 9.90. The van der Waals surface area contributed by atoms with Crippen LogP contribution in [0.4, 0.5) is 0 Å². The van der Waals surface area contributed by atoms with E-state index < -0.39 is 5.97 Å². The zero-order chi connectivity index (χ0) is 14.7. The van der Waals surface area contributed by atoms with Crippen LogP contribution in [0.25, 0.3) is 0 Å². The summed E-state index contributed by atoms with van der Waals surface area (Å²) in [7, 11) is 0. The van der Waals surface area contributed by atoms with Crippen molar-refractivity contribution in [3.63, 3.8) is 0 Å². The highest BCUT2D eigenvalue weighted by atomic mass is 16.4. The minimum atomic E-state index is -0.885. The standard InChI is InChI=1S/C17H18N2O2/c20-17(21)15-8-9-18-11-13(15)5-6-16-14-4-2-1-3-12(14)7-10-19-16/h1-4,8-9,11,16,19H,5-7,10H2,(H,20,21). The number of hydrogen-bond acceptors (Lipinski definition) is 3. The van der Waals surface area contributed by atoms with Gasteiger partial charge in [0.2, 0.25) is 0 Å². The van der Waals surface area contributed by atoms with Gasteiger partial charge >= 0.3 is 5.97 Å². The van der Waals surface area contributed by atoms with Gasteiger partial charge in [0.1, 0.15) is 0 Å². The van der Waals surface area contributed by atoms with E-state index in [1.54, 1.807) is 12.3 Å². The number of carbonyl (C=O) groups is 1. The Kier molecular flexibility index (Phi) is 3.97. The number of nitrogens with one attached hydrogen (secondary N) is 1. The second kappa shape index (κ2) is 6.06. The van der Waals surface area contributed by atoms with Crippen LogP contribution in [-0.4, -0.2) is 22.6 Å². The third-order valence-electron chi connectivity index (χ3n) is 4.05. The largest absolute Gasteiger partial charge is 0.478 e. The smallest absolute Gasteiger partial charge is 0.336 e. The van der Waals surface area contributed by atoms with Gasteiger partial charge < -0.3 is 10.4 Å². The van der Waals surface area contributed by atoms with E-state index in [9.17, 15) is 9.90 Å². The third-order valence-corrected chi connectivity index (χ3v) is 4.05. The Hall–Kier alpha value is -2.20. The third kappa shape index (κ3) is 2.95. The average molecular weight is 282 g/mol. The Morgan fingerprint density at radius 3 is 3.05 bits per heavy atom. The highest BCUT2D eigenvalue weighted by Crippen LogP contribution is 2.26. The zero-order valence-corrected chi connectivity index (χ0v) is 11.7. The first-order valence-corrected chi connectivity index (χ1v) is 7.23. The van der Waals surface area contributed by atoms with E-state index in [1.807, 2.05) is 0 Å². The van der Waals surface area contributed by atoms with Crippen molar-refractivity contribution in [3.05, 3.63) is 65.0 Å². The molecule has 3 rings (SSSR count). The summed E-state index contributed by atoms with van der Waals surface area (Å²) in [4.78, 5) is 15.3. The van der Waals surface area contributed by atoms with Gasteiger partial charge in [0, 0.05) is 18.4 Å². The molecule has 0 radical (unpaired) electrons.